The van der Waals surface area contributed by atoms with E-state index in [2.05, 4.69) is 16.9 Å². The van der Waals surface area contributed by atoms with Crippen molar-refractivity contribution in [2.45, 2.75) is 13.5 Å². The van der Waals surface area contributed by atoms with Crippen LogP contribution in [-0.4, -0.2) is 35.2 Å². The number of thiophene rings is 1. The minimum atomic E-state index is -0.243. The van der Waals surface area contributed by atoms with Gasteiger partial charge in [-0.2, -0.15) is 0 Å². The molecule has 21 heavy (non-hydrogen) atoms. The van der Waals surface area contributed by atoms with Crippen molar-refractivity contribution in [2.24, 2.45) is 0 Å². The Balaban J connectivity index is 1.85. The Morgan fingerprint density at radius 1 is 1.57 bits per heavy atom. The van der Waals surface area contributed by atoms with Gasteiger partial charge < -0.3 is 10.1 Å². The van der Waals surface area contributed by atoms with Crippen LogP contribution in [0.15, 0.2) is 34.7 Å². The monoisotopic (exact) mass is 307 g/mol. The average Bonchev–Trinajstić information content (AvgIpc) is 2.90. The normalized spacial score (nSPS) is 10.7. The van der Waals surface area contributed by atoms with Gasteiger partial charge in [0.1, 0.15) is 11.4 Å². The smallest absolute Gasteiger partial charge is 0.262 e. The quantitative estimate of drug-likeness (QED) is 0.615. The predicted octanol–water partition coefficient (Wildman–Crippen LogP) is 1.17. The number of hydrogen-bond donors (Lipinski definition) is 1. The van der Waals surface area contributed by atoms with Crippen molar-refractivity contribution in [3.63, 3.8) is 0 Å². The van der Waals surface area contributed by atoms with E-state index in [-0.39, 0.29) is 18.0 Å². The van der Waals surface area contributed by atoms with E-state index in [4.69, 9.17) is 4.74 Å². The van der Waals surface area contributed by atoms with Crippen LogP contribution in [0.5, 0.6) is 0 Å². The number of aromatic nitrogens is 2. The Labute approximate surface area is 126 Å². The molecule has 112 valence electrons. The second-order valence-electron chi connectivity index (χ2n) is 4.68. The number of nitrogens with zero attached hydrogens (tertiary/aromatic N) is 2. The summed E-state index contributed by atoms with van der Waals surface area (Å²) < 4.78 is 6.58. The maximum absolute atomic E-state index is 12.1. The van der Waals surface area contributed by atoms with Crippen molar-refractivity contribution in [1.82, 2.24) is 14.9 Å². The van der Waals surface area contributed by atoms with E-state index in [1.165, 1.54) is 22.2 Å². The molecule has 0 radical (unpaired) electrons. The SMILES string of the molecule is C=C(C)COCCNC(=O)Cn1cnc2sccc2c1=O. The molecule has 0 aromatic carbocycles. The predicted molar refractivity (Wildman–Crippen MR) is 82.5 cm³/mol. The zero-order valence-corrected chi connectivity index (χ0v) is 12.6. The Kier molecular flexibility index (Phi) is 5.24. The van der Waals surface area contributed by atoms with Crippen LogP contribution in [0.1, 0.15) is 6.92 Å². The van der Waals surface area contributed by atoms with Gasteiger partial charge in [0.25, 0.3) is 5.56 Å². The van der Waals surface area contributed by atoms with Crippen molar-refractivity contribution < 1.29 is 9.53 Å². The molecule has 1 N–H and O–H groups in total. The van der Waals surface area contributed by atoms with E-state index in [1.54, 1.807) is 6.07 Å². The first kappa shape index (κ1) is 15.4. The second kappa shape index (κ2) is 7.14. The number of nitrogens with one attached hydrogen (secondary N) is 1. The number of amides is 1. The lowest BCUT2D eigenvalue weighted by Crippen LogP contribution is -2.34. The van der Waals surface area contributed by atoms with Crippen molar-refractivity contribution in [1.29, 1.82) is 0 Å². The van der Waals surface area contributed by atoms with E-state index in [9.17, 15) is 9.59 Å². The van der Waals surface area contributed by atoms with Gasteiger partial charge in [0.05, 0.1) is 24.9 Å². The third kappa shape index (κ3) is 4.24. The highest BCUT2D eigenvalue weighted by Crippen LogP contribution is 2.12. The van der Waals surface area contributed by atoms with Gasteiger partial charge in [-0.05, 0) is 18.4 Å². The van der Waals surface area contributed by atoms with E-state index >= 15 is 0 Å². The van der Waals surface area contributed by atoms with Crippen molar-refractivity contribution in [2.75, 3.05) is 19.8 Å². The molecule has 0 saturated heterocycles. The molecule has 2 aromatic rings. The first-order valence-electron chi connectivity index (χ1n) is 6.49. The molecule has 7 heteroatoms. The molecule has 0 saturated carbocycles. The summed E-state index contributed by atoms with van der Waals surface area (Å²) in [6, 6.07) is 1.72. The van der Waals surface area contributed by atoms with E-state index in [0.29, 0.717) is 30.0 Å². The van der Waals surface area contributed by atoms with Crippen LogP contribution < -0.4 is 10.9 Å². The number of rotatable bonds is 7. The molecule has 0 atom stereocenters. The number of hydrogen-bond acceptors (Lipinski definition) is 5. The number of carbonyl (C=O) groups excluding carboxylic acids is 1. The minimum Gasteiger partial charge on any atom is -0.375 e. The fraction of sp³-hybridized carbons (Fsp3) is 0.357. The van der Waals surface area contributed by atoms with Gasteiger partial charge in [-0.3, -0.25) is 14.2 Å². The van der Waals surface area contributed by atoms with Crippen LogP contribution >= 0.6 is 11.3 Å². The van der Waals surface area contributed by atoms with Crippen LogP contribution in [0.25, 0.3) is 10.2 Å². The highest BCUT2D eigenvalue weighted by molar-refractivity contribution is 7.16. The van der Waals surface area contributed by atoms with Crippen molar-refractivity contribution in [3.8, 4) is 0 Å². The van der Waals surface area contributed by atoms with Gasteiger partial charge in [0.2, 0.25) is 5.91 Å². The molecule has 0 aliphatic heterocycles. The first-order chi connectivity index (χ1) is 10.1. The van der Waals surface area contributed by atoms with Crippen LogP contribution in [0.2, 0.25) is 0 Å². The summed E-state index contributed by atoms with van der Waals surface area (Å²) in [6.07, 6.45) is 1.40. The molecular formula is C14H17N3O3S. The molecule has 0 unspecified atom stereocenters. The van der Waals surface area contributed by atoms with Crippen LogP contribution in [0.3, 0.4) is 0 Å². The van der Waals surface area contributed by atoms with Gasteiger partial charge >= 0.3 is 0 Å². The topological polar surface area (TPSA) is 73.2 Å². The summed E-state index contributed by atoms with van der Waals surface area (Å²) in [7, 11) is 0. The molecule has 1 amide bonds. The van der Waals surface area contributed by atoms with Gasteiger partial charge in [0.15, 0.2) is 0 Å². The third-order valence-electron chi connectivity index (χ3n) is 2.68. The molecule has 2 heterocycles. The summed E-state index contributed by atoms with van der Waals surface area (Å²) in [4.78, 5) is 28.7. The number of carbonyl (C=O) groups is 1. The largest absolute Gasteiger partial charge is 0.375 e. The van der Waals surface area contributed by atoms with E-state index < -0.39 is 0 Å². The Morgan fingerprint density at radius 3 is 3.14 bits per heavy atom. The molecule has 0 aliphatic carbocycles. The van der Waals surface area contributed by atoms with E-state index in [0.717, 1.165) is 5.57 Å². The maximum Gasteiger partial charge on any atom is 0.262 e. The van der Waals surface area contributed by atoms with Gasteiger partial charge in [-0.15, -0.1) is 11.3 Å². The van der Waals surface area contributed by atoms with Crippen molar-refractivity contribution in [3.05, 3.63) is 40.3 Å². The average molecular weight is 307 g/mol. The lowest BCUT2D eigenvalue weighted by atomic mass is 10.4. The summed E-state index contributed by atoms with van der Waals surface area (Å²) >= 11 is 1.40. The fourth-order valence-corrected chi connectivity index (χ4v) is 2.45. The summed E-state index contributed by atoms with van der Waals surface area (Å²) in [5.74, 6) is -0.243. The van der Waals surface area contributed by atoms with Crippen LogP contribution in [0.4, 0.5) is 0 Å². The molecule has 0 fully saturated rings. The minimum absolute atomic E-state index is 0.0435. The second-order valence-corrected chi connectivity index (χ2v) is 5.57. The summed E-state index contributed by atoms with van der Waals surface area (Å²) in [6.45, 7) is 6.84. The standard InChI is InChI=1S/C14H17N3O3S/c1-10(2)8-20-5-4-15-12(18)7-17-9-16-13-11(14(17)19)3-6-21-13/h3,6,9H,1,4-5,7-8H2,2H3,(H,15,18). The first-order valence-corrected chi connectivity index (χ1v) is 7.37. The third-order valence-corrected chi connectivity index (χ3v) is 3.50. The Morgan fingerprint density at radius 2 is 2.38 bits per heavy atom. The van der Waals surface area contributed by atoms with Crippen LogP contribution in [0, 0.1) is 0 Å². The van der Waals surface area contributed by atoms with Crippen LogP contribution in [-0.2, 0) is 16.1 Å². The molecule has 0 spiro atoms. The molecule has 6 nitrogen and oxygen atoms in total. The fourth-order valence-electron chi connectivity index (χ4n) is 1.73. The highest BCUT2D eigenvalue weighted by atomic mass is 32.1. The number of fused-ring (bicyclic) bond motifs is 1. The molecule has 2 rings (SSSR count). The molecule has 0 aliphatic rings. The van der Waals surface area contributed by atoms with Gasteiger partial charge in [-0.1, -0.05) is 12.2 Å². The van der Waals surface area contributed by atoms with Crippen molar-refractivity contribution >= 4 is 27.5 Å². The molecule has 2 aromatic heterocycles. The zero-order valence-electron chi connectivity index (χ0n) is 11.8. The van der Waals surface area contributed by atoms with E-state index in [1.807, 2.05) is 12.3 Å². The Bertz CT molecular complexity index is 705. The van der Waals surface area contributed by atoms with Gasteiger partial charge in [0, 0.05) is 6.54 Å². The molecule has 0 bridgehead atoms. The summed E-state index contributed by atoms with van der Waals surface area (Å²) in [5.41, 5.74) is 0.734. The lowest BCUT2D eigenvalue weighted by Gasteiger charge is -2.07. The highest BCUT2D eigenvalue weighted by Gasteiger charge is 2.08. The Hall–Kier alpha value is -1.99. The lowest BCUT2D eigenvalue weighted by molar-refractivity contribution is -0.121. The number of ether oxygens (including phenoxy) is 1. The van der Waals surface area contributed by atoms with Gasteiger partial charge in [-0.25, -0.2) is 4.98 Å². The maximum atomic E-state index is 12.1. The zero-order chi connectivity index (χ0) is 15.2. The summed E-state index contributed by atoms with van der Waals surface area (Å²) in [5, 5.41) is 5.05. The molecular weight excluding hydrogens is 290 g/mol.